The van der Waals surface area contributed by atoms with E-state index in [1.807, 2.05) is 77.9 Å². The van der Waals surface area contributed by atoms with E-state index in [9.17, 15) is 9.59 Å². The van der Waals surface area contributed by atoms with Crippen molar-refractivity contribution < 1.29 is 38.0 Å². The number of nitrogens with zero attached hydrogens (tertiary/aromatic N) is 8. The molecule has 6 heterocycles. The van der Waals surface area contributed by atoms with Crippen molar-refractivity contribution in [3.63, 3.8) is 0 Å². The lowest BCUT2D eigenvalue weighted by molar-refractivity contribution is -0.0798. The summed E-state index contributed by atoms with van der Waals surface area (Å²) in [5.41, 5.74) is 2.72. The summed E-state index contributed by atoms with van der Waals surface area (Å²) in [5, 5.41) is 19.6. The molecule has 0 unspecified atom stereocenters. The molecule has 0 atom stereocenters. The molecule has 4 fully saturated rings. The number of aromatic nitrogens is 6. The number of hydrogen-bond donors (Lipinski definition) is 0. The van der Waals surface area contributed by atoms with Crippen molar-refractivity contribution in [2.75, 3.05) is 26.4 Å². The third-order valence-corrected chi connectivity index (χ3v) is 14.4. The van der Waals surface area contributed by atoms with Gasteiger partial charge in [-0.3, -0.25) is 18.9 Å². The number of fused-ring (bicyclic) bond motifs is 6. The van der Waals surface area contributed by atoms with Crippen molar-refractivity contribution >= 4 is 35.4 Å². The van der Waals surface area contributed by atoms with Crippen LogP contribution in [0.1, 0.15) is 165 Å². The highest BCUT2D eigenvalue weighted by atomic mass is 35.5. The summed E-state index contributed by atoms with van der Waals surface area (Å²) in [6, 6.07) is 11.6. The predicted molar refractivity (Wildman–Crippen MR) is 264 cm³/mol. The Hall–Kier alpha value is -4.32. The zero-order valence-corrected chi connectivity index (χ0v) is 43.2. The van der Waals surface area contributed by atoms with Crippen LogP contribution in [0.4, 0.5) is 9.59 Å². The van der Waals surface area contributed by atoms with Crippen molar-refractivity contribution in [2.24, 2.45) is 0 Å². The lowest BCUT2D eigenvalue weighted by atomic mass is 9.86. The molecule has 4 aromatic rings. The zero-order valence-electron chi connectivity index (χ0n) is 41.7. The van der Waals surface area contributed by atoms with E-state index >= 15 is 0 Å². The van der Waals surface area contributed by atoms with Gasteiger partial charge in [-0.1, -0.05) is 23.2 Å². The van der Waals surface area contributed by atoms with E-state index in [0.29, 0.717) is 72.5 Å². The normalized spacial score (nSPS) is 23.4. The molecule has 0 bridgehead atoms. The Labute approximate surface area is 421 Å². The summed E-state index contributed by atoms with van der Waals surface area (Å²) >= 11 is 12.7. The average Bonchev–Trinajstić information content (AvgIpc) is 3.84. The smallest absolute Gasteiger partial charge is 0.411 e. The summed E-state index contributed by atoms with van der Waals surface area (Å²) in [4.78, 5) is 29.3. The average molecular weight is 1010 g/mol. The topological polar surface area (TPSA) is 157 Å². The van der Waals surface area contributed by atoms with Gasteiger partial charge in [-0.15, -0.1) is 20.4 Å². The number of benzene rings is 2. The zero-order chi connectivity index (χ0) is 49.2. The van der Waals surface area contributed by atoms with Gasteiger partial charge in [-0.25, -0.2) is 9.59 Å². The van der Waals surface area contributed by atoms with E-state index < -0.39 is 11.2 Å². The molecule has 10 rings (SSSR count). The lowest BCUT2D eigenvalue weighted by Gasteiger charge is -2.32. The van der Waals surface area contributed by atoms with Crippen LogP contribution in [0.3, 0.4) is 0 Å². The number of halogens is 2. The predicted octanol–water partition coefficient (Wildman–Crippen LogP) is 10.8. The van der Waals surface area contributed by atoms with Crippen LogP contribution >= 0.6 is 23.2 Å². The molecule has 2 saturated heterocycles. The molecule has 0 N–H and O–H groups in total. The van der Waals surface area contributed by atoms with Crippen molar-refractivity contribution in [3.8, 4) is 11.4 Å². The molecular weight excluding hydrogens is 936 g/mol. The summed E-state index contributed by atoms with van der Waals surface area (Å²) in [5.74, 6) is 3.99. The van der Waals surface area contributed by atoms with Crippen LogP contribution in [0, 0.1) is 0 Å². The molecule has 4 aliphatic heterocycles. The fraction of sp³-hybridized carbons (Fsp3) is 0.654. The monoisotopic (exact) mass is 1000 g/mol. The number of ether oxygens (including phenoxy) is 6. The Kier molecular flexibility index (Phi) is 15.8. The molecule has 2 aromatic heterocycles. The quantitative estimate of drug-likeness (QED) is 0.180. The minimum atomic E-state index is -0.579. The Morgan fingerprint density at radius 3 is 1.23 bits per heavy atom. The van der Waals surface area contributed by atoms with Gasteiger partial charge in [0.15, 0.2) is 11.6 Å². The minimum Gasteiger partial charge on any atom is -0.444 e. The number of hydrogen-bond acceptors (Lipinski definition) is 12. The second-order valence-electron chi connectivity index (χ2n) is 21.7. The highest BCUT2D eigenvalue weighted by Crippen LogP contribution is 2.40. The first kappa shape index (κ1) is 50.6. The van der Waals surface area contributed by atoms with Crippen molar-refractivity contribution in [1.82, 2.24) is 39.3 Å². The van der Waals surface area contributed by atoms with Gasteiger partial charge in [0.05, 0.1) is 62.0 Å². The van der Waals surface area contributed by atoms with Crippen molar-refractivity contribution in [2.45, 2.75) is 192 Å². The molecule has 18 heteroatoms. The van der Waals surface area contributed by atoms with Crippen LogP contribution in [0.25, 0.3) is 11.4 Å². The molecule has 2 amide bonds. The van der Waals surface area contributed by atoms with E-state index in [1.54, 1.807) is 9.80 Å². The van der Waals surface area contributed by atoms with Gasteiger partial charge in [-0.05, 0) is 166 Å². The molecule has 6 aliphatic rings. The second-order valence-corrected chi connectivity index (χ2v) is 22.6. The van der Waals surface area contributed by atoms with Crippen LogP contribution in [0.15, 0.2) is 36.4 Å². The van der Waals surface area contributed by atoms with Crippen LogP contribution in [-0.4, -0.2) is 114 Å². The van der Waals surface area contributed by atoms with Gasteiger partial charge in [0.1, 0.15) is 22.9 Å². The van der Waals surface area contributed by atoms with E-state index in [-0.39, 0.29) is 12.2 Å². The molecular formula is C52H70Cl2N8O8. The van der Waals surface area contributed by atoms with E-state index in [0.717, 1.165) is 149 Å². The molecule has 70 heavy (non-hydrogen) atoms. The number of amides is 2. The molecule has 0 spiro atoms. The first-order valence-electron chi connectivity index (χ1n) is 25.4. The van der Waals surface area contributed by atoms with Gasteiger partial charge in [-0.2, -0.15) is 0 Å². The van der Waals surface area contributed by atoms with E-state index in [4.69, 9.17) is 51.6 Å². The Morgan fingerprint density at radius 1 is 0.514 bits per heavy atom. The standard InChI is InChI=1S/2C26H35ClN4O4/c2*1-26(2,3)35-25(32)30-15-18-14-19(27)6-9-22(18)31-23(16-30)28-29-24(31)17-4-7-20(8-5-17)34-21-10-12-33-13-11-21/h2*6,9,14,17,20-21H,4-5,7-8,10-13,15-16H2,1-3H3/t17-,20+;17-,20-. The highest BCUT2D eigenvalue weighted by molar-refractivity contribution is 6.31. The minimum absolute atomic E-state index is 0.294. The Morgan fingerprint density at radius 2 is 0.871 bits per heavy atom. The van der Waals surface area contributed by atoms with E-state index in [2.05, 4.69) is 29.5 Å². The van der Waals surface area contributed by atoms with Crippen molar-refractivity contribution in [3.05, 3.63) is 80.9 Å². The number of rotatable bonds is 6. The first-order chi connectivity index (χ1) is 33.5. The van der Waals surface area contributed by atoms with Crippen molar-refractivity contribution in [1.29, 1.82) is 0 Å². The van der Waals surface area contributed by atoms with Gasteiger partial charge in [0, 0.05) is 48.3 Å². The van der Waals surface area contributed by atoms with Gasteiger partial charge >= 0.3 is 12.2 Å². The van der Waals surface area contributed by atoms with Crippen LogP contribution in [0.2, 0.25) is 10.0 Å². The Balaban J connectivity index is 0.000000174. The summed E-state index contributed by atoms with van der Waals surface area (Å²) in [7, 11) is 0. The number of carbonyl (C=O) groups is 2. The first-order valence-corrected chi connectivity index (χ1v) is 26.2. The summed E-state index contributed by atoms with van der Waals surface area (Å²) in [6.45, 7) is 15.9. The maximum Gasteiger partial charge on any atom is 0.411 e. The van der Waals surface area contributed by atoms with Gasteiger partial charge in [0.2, 0.25) is 0 Å². The third-order valence-electron chi connectivity index (χ3n) is 14.0. The molecule has 2 saturated carbocycles. The largest absolute Gasteiger partial charge is 0.444 e. The van der Waals surface area contributed by atoms with Gasteiger partial charge < -0.3 is 28.4 Å². The second kappa shape index (κ2) is 21.8. The molecule has 16 nitrogen and oxygen atoms in total. The molecule has 380 valence electrons. The SMILES string of the molecule is CC(C)(C)OC(=O)N1Cc2cc(Cl)ccc2-n2c(nnc2[C@H]2CC[C@@H](OC3CCOCC3)CC2)C1.CC(C)(C)OC(=O)N1Cc2cc(Cl)ccc2-n2c(nnc2[C@H]2CC[C@H](OC3CCOCC3)CC2)C1. The van der Waals surface area contributed by atoms with E-state index in [1.165, 1.54) is 0 Å². The highest BCUT2D eigenvalue weighted by Gasteiger charge is 2.36. The lowest BCUT2D eigenvalue weighted by Crippen LogP contribution is -2.35. The molecule has 0 radical (unpaired) electrons. The van der Waals surface area contributed by atoms with Crippen LogP contribution < -0.4 is 0 Å². The van der Waals surface area contributed by atoms with Crippen LogP contribution in [-0.2, 0) is 54.6 Å². The summed E-state index contributed by atoms with van der Waals surface area (Å²) < 4.78 is 39.3. The number of carbonyl (C=O) groups excluding carboxylic acids is 2. The Bertz CT molecular complexity index is 2270. The molecule has 2 aromatic carbocycles. The van der Waals surface area contributed by atoms with Crippen LogP contribution in [0.5, 0.6) is 0 Å². The maximum atomic E-state index is 13.0. The van der Waals surface area contributed by atoms with Gasteiger partial charge in [0.25, 0.3) is 0 Å². The fourth-order valence-corrected chi connectivity index (χ4v) is 11.0. The molecule has 2 aliphatic carbocycles. The fourth-order valence-electron chi connectivity index (χ4n) is 10.6. The summed E-state index contributed by atoms with van der Waals surface area (Å²) in [6.07, 6.45) is 12.6. The third kappa shape index (κ3) is 12.5. The maximum absolute atomic E-state index is 13.0.